The van der Waals surface area contributed by atoms with Crippen molar-refractivity contribution in [1.82, 2.24) is 19.3 Å². The molecule has 2 heterocycles. The summed E-state index contributed by atoms with van der Waals surface area (Å²) in [5.74, 6) is 0.249. The summed E-state index contributed by atoms with van der Waals surface area (Å²) in [6.07, 6.45) is 1.63. The van der Waals surface area contributed by atoms with Crippen LogP contribution in [0, 0.1) is 5.92 Å². The Morgan fingerprint density at radius 1 is 1.29 bits per heavy atom. The molecule has 2 aromatic heterocycles. The van der Waals surface area contributed by atoms with Gasteiger partial charge in [-0.3, -0.25) is 14.8 Å². The van der Waals surface area contributed by atoms with Crippen LogP contribution in [0.3, 0.4) is 0 Å². The second kappa shape index (κ2) is 6.83. The zero-order chi connectivity index (χ0) is 18.1. The quantitative estimate of drug-likeness (QED) is 0.644. The fourth-order valence-corrected chi connectivity index (χ4v) is 3.29. The number of aromatic nitrogens is 3. The van der Waals surface area contributed by atoms with E-state index in [9.17, 15) is 18.0 Å². The van der Waals surface area contributed by atoms with Gasteiger partial charge in [-0.25, -0.2) is 22.5 Å². The van der Waals surface area contributed by atoms with Crippen LogP contribution in [0.1, 0.15) is 20.3 Å². The topological polar surface area (TPSA) is 142 Å². The first-order chi connectivity index (χ1) is 11.1. The second-order valence-corrected chi connectivity index (χ2v) is 8.04. The van der Waals surface area contributed by atoms with Crippen molar-refractivity contribution in [3.05, 3.63) is 33.1 Å². The van der Waals surface area contributed by atoms with E-state index in [1.54, 1.807) is 0 Å². The summed E-state index contributed by atoms with van der Waals surface area (Å²) in [5.41, 5.74) is 4.59. The fourth-order valence-electron chi connectivity index (χ4n) is 2.13. The van der Waals surface area contributed by atoms with Gasteiger partial charge >= 0.3 is 5.69 Å². The van der Waals surface area contributed by atoms with Gasteiger partial charge < -0.3 is 5.73 Å². The SMILES string of the molecule is CC(C)C(N)CCN(C)S(=O)(=O)c1cnc2[nH]c(=O)[nH]c(=O)c2c1. The number of nitrogens with zero attached hydrogens (tertiary/aromatic N) is 2. The molecule has 2 rings (SSSR count). The van der Waals surface area contributed by atoms with Crippen LogP contribution < -0.4 is 17.0 Å². The van der Waals surface area contributed by atoms with E-state index in [-0.39, 0.29) is 34.4 Å². The Morgan fingerprint density at radius 3 is 2.58 bits per heavy atom. The van der Waals surface area contributed by atoms with E-state index in [0.29, 0.717) is 6.42 Å². The molecule has 9 nitrogen and oxygen atoms in total. The van der Waals surface area contributed by atoms with Crippen LogP contribution in [-0.4, -0.2) is 47.3 Å². The number of sulfonamides is 1. The largest absolute Gasteiger partial charge is 0.327 e. The maximum absolute atomic E-state index is 12.6. The lowest BCUT2D eigenvalue weighted by Gasteiger charge is -2.21. The molecule has 4 N–H and O–H groups in total. The van der Waals surface area contributed by atoms with Gasteiger partial charge in [-0.1, -0.05) is 13.8 Å². The minimum Gasteiger partial charge on any atom is -0.327 e. The van der Waals surface area contributed by atoms with Crippen LogP contribution >= 0.6 is 0 Å². The van der Waals surface area contributed by atoms with Crippen molar-refractivity contribution in [2.75, 3.05) is 13.6 Å². The summed E-state index contributed by atoms with van der Waals surface area (Å²) in [4.78, 5) is 31.1. The number of hydrogen-bond acceptors (Lipinski definition) is 6. The van der Waals surface area contributed by atoms with Crippen LogP contribution in [0.5, 0.6) is 0 Å². The third kappa shape index (κ3) is 3.71. The van der Waals surface area contributed by atoms with Gasteiger partial charge in [0.05, 0.1) is 5.39 Å². The standard InChI is InChI=1S/C14H21N5O4S/c1-8(2)11(15)4-5-19(3)24(22,23)9-6-10-12(16-7-9)17-14(21)18-13(10)20/h6-8,11H,4-5,15H2,1-3H3,(H2,16,17,18,20,21). The first-order valence-corrected chi connectivity index (χ1v) is 8.91. The molecule has 0 aliphatic carbocycles. The molecule has 0 aliphatic heterocycles. The predicted molar refractivity (Wildman–Crippen MR) is 90.2 cm³/mol. The molecule has 0 saturated heterocycles. The van der Waals surface area contributed by atoms with Gasteiger partial charge in [-0.2, -0.15) is 0 Å². The lowest BCUT2D eigenvalue weighted by atomic mass is 10.0. The molecule has 0 bridgehead atoms. The molecule has 0 spiro atoms. The van der Waals surface area contributed by atoms with Gasteiger partial charge in [0, 0.05) is 25.8 Å². The molecule has 24 heavy (non-hydrogen) atoms. The average Bonchev–Trinajstić information content (AvgIpc) is 2.51. The molecule has 2 aromatic rings. The van der Waals surface area contributed by atoms with Crippen molar-refractivity contribution < 1.29 is 8.42 Å². The number of pyridine rings is 1. The van der Waals surface area contributed by atoms with Crippen molar-refractivity contribution in [2.24, 2.45) is 11.7 Å². The van der Waals surface area contributed by atoms with Gasteiger partial charge in [0.25, 0.3) is 5.56 Å². The zero-order valence-electron chi connectivity index (χ0n) is 13.7. The predicted octanol–water partition coefficient (Wildman–Crippen LogP) is -0.395. The Hall–Kier alpha value is -2.04. The molecule has 132 valence electrons. The Labute approximate surface area is 139 Å². The van der Waals surface area contributed by atoms with Crippen molar-refractivity contribution >= 4 is 21.1 Å². The Morgan fingerprint density at radius 2 is 1.96 bits per heavy atom. The van der Waals surface area contributed by atoms with Gasteiger partial charge in [0.2, 0.25) is 10.0 Å². The monoisotopic (exact) mass is 355 g/mol. The smallest absolute Gasteiger partial charge is 0.327 e. The van der Waals surface area contributed by atoms with E-state index < -0.39 is 21.3 Å². The fraction of sp³-hybridized carbons (Fsp3) is 0.500. The number of aromatic amines is 2. The van der Waals surface area contributed by atoms with Crippen molar-refractivity contribution in [2.45, 2.75) is 31.2 Å². The summed E-state index contributed by atoms with van der Waals surface area (Å²) < 4.78 is 26.4. The highest BCUT2D eigenvalue weighted by Crippen LogP contribution is 2.16. The third-order valence-corrected chi connectivity index (χ3v) is 5.73. The van der Waals surface area contributed by atoms with Crippen molar-refractivity contribution in [3.63, 3.8) is 0 Å². The summed E-state index contributed by atoms with van der Waals surface area (Å²) >= 11 is 0. The van der Waals surface area contributed by atoms with Crippen LogP contribution in [0.2, 0.25) is 0 Å². The van der Waals surface area contributed by atoms with E-state index in [1.165, 1.54) is 17.4 Å². The Kier molecular flexibility index (Phi) is 5.21. The first kappa shape index (κ1) is 18.3. The maximum Gasteiger partial charge on any atom is 0.327 e. The number of nitrogens with two attached hydrogens (primary N) is 1. The Balaban J connectivity index is 2.33. The number of fused-ring (bicyclic) bond motifs is 1. The number of nitrogens with one attached hydrogen (secondary N) is 2. The minimum atomic E-state index is -3.81. The zero-order valence-corrected chi connectivity index (χ0v) is 14.6. The van der Waals surface area contributed by atoms with E-state index in [4.69, 9.17) is 5.73 Å². The highest BCUT2D eigenvalue weighted by Gasteiger charge is 2.23. The van der Waals surface area contributed by atoms with Crippen LogP contribution in [0.25, 0.3) is 11.0 Å². The molecule has 0 aromatic carbocycles. The molecular weight excluding hydrogens is 334 g/mol. The maximum atomic E-state index is 12.6. The number of hydrogen-bond donors (Lipinski definition) is 3. The number of H-pyrrole nitrogens is 2. The molecule has 1 atom stereocenters. The molecule has 10 heteroatoms. The minimum absolute atomic E-state index is 0.00274. The summed E-state index contributed by atoms with van der Waals surface area (Å²) in [6, 6.07) is 1.09. The van der Waals surface area contributed by atoms with E-state index in [1.807, 2.05) is 18.8 Å². The first-order valence-electron chi connectivity index (χ1n) is 7.47. The van der Waals surface area contributed by atoms with Crippen LogP contribution in [0.15, 0.2) is 26.7 Å². The summed E-state index contributed by atoms with van der Waals surface area (Å²) in [6.45, 7) is 4.20. The highest BCUT2D eigenvalue weighted by atomic mass is 32.2. The molecule has 0 saturated carbocycles. The van der Waals surface area contributed by atoms with Crippen molar-refractivity contribution in [1.29, 1.82) is 0 Å². The van der Waals surface area contributed by atoms with Crippen molar-refractivity contribution in [3.8, 4) is 0 Å². The van der Waals surface area contributed by atoms with Gasteiger partial charge in [-0.05, 0) is 18.4 Å². The number of rotatable bonds is 6. The third-order valence-electron chi connectivity index (χ3n) is 3.91. The summed E-state index contributed by atoms with van der Waals surface area (Å²) in [5, 5.41) is 0.00274. The normalized spacial score (nSPS) is 13.8. The van der Waals surface area contributed by atoms with Gasteiger partial charge in [0.1, 0.15) is 10.5 Å². The highest BCUT2D eigenvalue weighted by molar-refractivity contribution is 7.89. The Bertz CT molecular complexity index is 948. The molecular formula is C14H21N5O4S. The molecule has 0 fully saturated rings. The molecule has 1 unspecified atom stereocenters. The van der Waals surface area contributed by atoms with Gasteiger partial charge in [0.15, 0.2) is 0 Å². The van der Waals surface area contributed by atoms with E-state index in [0.717, 1.165) is 6.20 Å². The summed E-state index contributed by atoms with van der Waals surface area (Å²) in [7, 11) is -2.36. The van der Waals surface area contributed by atoms with Gasteiger partial charge in [-0.15, -0.1) is 0 Å². The molecule has 0 amide bonds. The van der Waals surface area contributed by atoms with Crippen LogP contribution in [-0.2, 0) is 10.0 Å². The van der Waals surface area contributed by atoms with E-state index in [2.05, 4.69) is 9.97 Å². The molecule has 0 radical (unpaired) electrons. The second-order valence-electron chi connectivity index (χ2n) is 6.00. The van der Waals surface area contributed by atoms with E-state index >= 15 is 0 Å². The average molecular weight is 355 g/mol. The lowest BCUT2D eigenvalue weighted by molar-refractivity contribution is 0.397. The molecule has 0 aliphatic rings. The van der Waals surface area contributed by atoms with Crippen LogP contribution in [0.4, 0.5) is 0 Å². The lowest BCUT2D eigenvalue weighted by Crippen LogP contribution is -2.34.